The monoisotopic (exact) mass is 353 g/mol. The number of hydrogen-bond acceptors (Lipinski definition) is 4. The minimum absolute atomic E-state index is 0.146. The van der Waals surface area contributed by atoms with Crippen LogP contribution in [0.2, 0.25) is 0 Å². The van der Waals surface area contributed by atoms with Gasteiger partial charge in [-0.2, -0.15) is 0 Å². The van der Waals surface area contributed by atoms with Gasteiger partial charge in [-0.15, -0.1) is 0 Å². The van der Waals surface area contributed by atoms with Crippen LogP contribution in [0.5, 0.6) is 11.5 Å². The van der Waals surface area contributed by atoms with Crippen LogP contribution < -0.4 is 24.6 Å². The average Bonchev–Trinajstić information content (AvgIpc) is 3.16. The molecule has 1 saturated heterocycles. The van der Waals surface area contributed by atoms with Crippen molar-refractivity contribution < 1.29 is 14.3 Å². The van der Waals surface area contributed by atoms with E-state index in [2.05, 4.69) is 16.3 Å². The molecule has 4 rings (SSSR count). The lowest BCUT2D eigenvalue weighted by atomic mass is 10.1. The highest BCUT2D eigenvalue weighted by atomic mass is 16.5. The molecule has 0 saturated carbocycles. The van der Waals surface area contributed by atoms with Crippen LogP contribution in [0, 0.1) is 0 Å². The summed E-state index contributed by atoms with van der Waals surface area (Å²) in [4.78, 5) is 17.3. The van der Waals surface area contributed by atoms with Crippen molar-refractivity contribution in [2.45, 2.75) is 18.9 Å². The molecule has 0 radical (unpaired) electrons. The summed E-state index contributed by atoms with van der Waals surface area (Å²) in [7, 11) is 3.18. The first kappa shape index (κ1) is 16.6. The molecule has 2 aromatic rings. The fourth-order valence-corrected chi connectivity index (χ4v) is 3.86. The number of hydrogen-bond donors (Lipinski definition) is 1. The number of anilines is 3. The van der Waals surface area contributed by atoms with Gasteiger partial charge in [-0.25, -0.2) is 4.79 Å². The number of carbonyl (C=O) groups excluding carboxylic acids is 1. The SMILES string of the molecule is COc1ccc(NC(=O)N2CC3CCCN3c3ccccc32)c(OC)c1. The first-order chi connectivity index (χ1) is 12.7. The second kappa shape index (κ2) is 6.78. The van der Waals surface area contributed by atoms with E-state index in [4.69, 9.17) is 9.47 Å². The van der Waals surface area contributed by atoms with E-state index < -0.39 is 0 Å². The topological polar surface area (TPSA) is 54.0 Å². The number of nitrogens with one attached hydrogen (secondary N) is 1. The van der Waals surface area contributed by atoms with Gasteiger partial charge in [-0.1, -0.05) is 12.1 Å². The maximum atomic E-state index is 13.1. The highest BCUT2D eigenvalue weighted by Crippen LogP contribution is 2.39. The number of urea groups is 1. The van der Waals surface area contributed by atoms with Gasteiger partial charge in [0, 0.05) is 25.2 Å². The van der Waals surface area contributed by atoms with Gasteiger partial charge in [-0.05, 0) is 37.1 Å². The van der Waals surface area contributed by atoms with E-state index in [1.807, 2.05) is 23.1 Å². The third-order valence-electron chi connectivity index (χ3n) is 5.15. The first-order valence-electron chi connectivity index (χ1n) is 8.87. The maximum absolute atomic E-state index is 13.1. The van der Waals surface area contributed by atoms with Crippen LogP contribution in [0.1, 0.15) is 12.8 Å². The van der Waals surface area contributed by atoms with Gasteiger partial charge in [-0.3, -0.25) is 4.90 Å². The van der Waals surface area contributed by atoms with Gasteiger partial charge in [0.1, 0.15) is 11.5 Å². The molecule has 1 atom stereocenters. The fourth-order valence-electron chi connectivity index (χ4n) is 3.86. The van der Waals surface area contributed by atoms with E-state index in [-0.39, 0.29) is 6.03 Å². The van der Waals surface area contributed by atoms with Gasteiger partial charge in [0.2, 0.25) is 0 Å². The number of methoxy groups -OCH3 is 2. The molecule has 136 valence electrons. The van der Waals surface area contributed by atoms with Crippen molar-refractivity contribution in [2.24, 2.45) is 0 Å². The summed E-state index contributed by atoms with van der Waals surface area (Å²) in [5.74, 6) is 1.26. The Hall–Kier alpha value is -2.89. The number of carbonyl (C=O) groups is 1. The number of rotatable bonds is 3. The normalized spacial score (nSPS) is 18.2. The Kier molecular flexibility index (Phi) is 4.32. The van der Waals surface area contributed by atoms with Gasteiger partial charge in [0.05, 0.1) is 31.3 Å². The zero-order valence-corrected chi connectivity index (χ0v) is 15.1. The molecule has 2 aliphatic heterocycles. The summed E-state index contributed by atoms with van der Waals surface area (Å²) in [6.07, 6.45) is 2.28. The fraction of sp³-hybridized carbons (Fsp3) is 0.350. The average molecular weight is 353 g/mol. The zero-order chi connectivity index (χ0) is 18.1. The lowest BCUT2D eigenvalue weighted by Crippen LogP contribution is -2.49. The third-order valence-corrected chi connectivity index (χ3v) is 5.15. The smallest absolute Gasteiger partial charge is 0.326 e. The predicted molar refractivity (Wildman–Crippen MR) is 103 cm³/mol. The van der Waals surface area contributed by atoms with Gasteiger partial charge in [0.25, 0.3) is 0 Å². The molecule has 0 aromatic heterocycles. The van der Waals surface area contributed by atoms with E-state index in [9.17, 15) is 4.79 Å². The number of nitrogens with zero attached hydrogens (tertiary/aromatic N) is 2. The summed E-state index contributed by atoms with van der Waals surface area (Å²) >= 11 is 0. The van der Waals surface area contributed by atoms with Crippen LogP contribution in [0.4, 0.5) is 21.9 Å². The largest absolute Gasteiger partial charge is 0.497 e. The summed E-state index contributed by atoms with van der Waals surface area (Å²) in [6, 6.07) is 13.7. The number of fused-ring (bicyclic) bond motifs is 3. The highest BCUT2D eigenvalue weighted by Gasteiger charge is 2.36. The number of ether oxygens (including phenoxy) is 2. The van der Waals surface area contributed by atoms with Crippen LogP contribution in [0.3, 0.4) is 0 Å². The Morgan fingerprint density at radius 1 is 1.12 bits per heavy atom. The second-order valence-corrected chi connectivity index (χ2v) is 6.59. The van der Waals surface area contributed by atoms with E-state index in [1.165, 1.54) is 6.42 Å². The second-order valence-electron chi connectivity index (χ2n) is 6.59. The molecule has 0 spiro atoms. The van der Waals surface area contributed by atoms with Crippen molar-refractivity contribution in [3.63, 3.8) is 0 Å². The van der Waals surface area contributed by atoms with Crippen LogP contribution in [-0.4, -0.2) is 39.4 Å². The van der Waals surface area contributed by atoms with Gasteiger partial charge in [0.15, 0.2) is 0 Å². The summed E-state index contributed by atoms with van der Waals surface area (Å²) in [5.41, 5.74) is 2.72. The molecule has 26 heavy (non-hydrogen) atoms. The zero-order valence-electron chi connectivity index (χ0n) is 15.1. The van der Waals surface area contributed by atoms with Crippen molar-refractivity contribution in [1.82, 2.24) is 0 Å². The molecular formula is C20H23N3O3. The minimum Gasteiger partial charge on any atom is -0.497 e. The Labute approximate surface area is 153 Å². The van der Waals surface area contributed by atoms with E-state index in [0.29, 0.717) is 29.8 Å². The van der Waals surface area contributed by atoms with Crippen molar-refractivity contribution >= 4 is 23.1 Å². The molecule has 1 N–H and O–H groups in total. The molecule has 2 aromatic carbocycles. The summed E-state index contributed by atoms with van der Waals surface area (Å²) in [5, 5.41) is 2.99. The van der Waals surface area contributed by atoms with Gasteiger partial charge >= 0.3 is 6.03 Å². The number of amides is 2. The molecule has 6 heteroatoms. The molecular weight excluding hydrogens is 330 g/mol. The van der Waals surface area contributed by atoms with Crippen LogP contribution >= 0.6 is 0 Å². The molecule has 0 aliphatic carbocycles. The van der Waals surface area contributed by atoms with Gasteiger partial charge < -0.3 is 19.7 Å². The summed E-state index contributed by atoms with van der Waals surface area (Å²) in [6.45, 7) is 1.75. The van der Waals surface area contributed by atoms with Crippen LogP contribution in [-0.2, 0) is 0 Å². The van der Waals surface area contributed by atoms with E-state index in [0.717, 1.165) is 24.3 Å². The molecule has 6 nitrogen and oxygen atoms in total. The standard InChI is InChI=1S/C20H23N3O3/c1-25-15-9-10-16(19(12-15)26-2)21-20(24)23-13-14-6-5-11-22(14)17-7-3-4-8-18(17)23/h3-4,7-10,12,14H,5-6,11,13H2,1-2H3,(H,21,24). The third kappa shape index (κ3) is 2.81. The summed E-state index contributed by atoms with van der Waals surface area (Å²) < 4.78 is 10.6. The predicted octanol–water partition coefficient (Wildman–Crippen LogP) is 3.72. The van der Waals surface area contributed by atoms with Crippen molar-refractivity contribution in [1.29, 1.82) is 0 Å². The molecule has 2 heterocycles. The Balaban J connectivity index is 1.62. The Morgan fingerprint density at radius 2 is 1.92 bits per heavy atom. The van der Waals surface area contributed by atoms with Crippen LogP contribution in [0.15, 0.2) is 42.5 Å². The number of benzene rings is 2. The number of para-hydroxylation sites is 2. The maximum Gasteiger partial charge on any atom is 0.326 e. The van der Waals surface area contributed by atoms with Crippen LogP contribution in [0.25, 0.3) is 0 Å². The molecule has 2 aliphatic rings. The molecule has 1 unspecified atom stereocenters. The Bertz CT molecular complexity index is 824. The van der Waals surface area contributed by atoms with Crippen molar-refractivity contribution in [2.75, 3.05) is 42.4 Å². The lowest BCUT2D eigenvalue weighted by molar-refractivity contribution is 0.256. The molecule has 1 fully saturated rings. The minimum atomic E-state index is -0.146. The first-order valence-corrected chi connectivity index (χ1v) is 8.87. The van der Waals surface area contributed by atoms with Crippen molar-refractivity contribution in [3.05, 3.63) is 42.5 Å². The lowest BCUT2D eigenvalue weighted by Gasteiger charge is -2.40. The molecule has 2 amide bonds. The van der Waals surface area contributed by atoms with E-state index >= 15 is 0 Å². The Morgan fingerprint density at radius 3 is 2.69 bits per heavy atom. The highest BCUT2D eigenvalue weighted by molar-refractivity contribution is 6.05. The molecule has 0 bridgehead atoms. The van der Waals surface area contributed by atoms with E-state index in [1.54, 1.807) is 32.4 Å². The quantitative estimate of drug-likeness (QED) is 0.914. The van der Waals surface area contributed by atoms with Crippen molar-refractivity contribution in [3.8, 4) is 11.5 Å².